The summed E-state index contributed by atoms with van der Waals surface area (Å²) in [4.78, 5) is 6.78. The summed E-state index contributed by atoms with van der Waals surface area (Å²) in [7, 11) is -2.64. The molecule has 0 amide bonds. The standard InChI is InChI=1S/C26H30N6O3S/c33-15-14-31-12-10-21(11-13-31)20-4-6-23(7-5-20)29-26-27-18-24-8-9-25(32(24)30-26)22-3-1-2-19(16-22)17-28-36(34)35/h1-9,16,18,21,33,36H,10-15,17H2,(H,29,30)(H,28,34,35). The summed E-state index contributed by atoms with van der Waals surface area (Å²) in [5.41, 5.74) is 5.83. The maximum atomic E-state index is 10.9. The highest BCUT2D eigenvalue weighted by molar-refractivity contribution is 7.70. The monoisotopic (exact) mass is 506 g/mol. The van der Waals surface area contributed by atoms with Crippen molar-refractivity contribution >= 4 is 28.0 Å². The minimum absolute atomic E-state index is 0.222. The molecule has 1 aliphatic heterocycles. The van der Waals surface area contributed by atoms with Gasteiger partial charge in [0.1, 0.15) is 0 Å². The number of nitrogens with zero attached hydrogens (tertiary/aromatic N) is 4. The van der Waals surface area contributed by atoms with Crippen LogP contribution in [0.3, 0.4) is 0 Å². The molecule has 0 saturated carbocycles. The third-order valence-electron chi connectivity index (χ3n) is 6.68. The van der Waals surface area contributed by atoms with Crippen LogP contribution in [0.25, 0.3) is 16.8 Å². The highest BCUT2D eigenvalue weighted by Crippen LogP contribution is 2.29. The lowest BCUT2D eigenvalue weighted by molar-refractivity contribution is 0.164. The summed E-state index contributed by atoms with van der Waals surface area (Å²) in [5, 5.41) is 17.1. The van der Waals surface area contributed by atoms with Crippen LogP contribution < -0.4 is 10.0 Å². The summed E-state index contributed by atoms with van der Waals surface area (Å²) in [6.45, 7) is 3.27. The third kappa shape index (κ3) is 5.73. The molecule has 5 rings (SSSR count). The van der Waals surface area contributed by atoms with Gasteiger partial charge in [-0.2, -0.15) is 0 Å². The molecule has 188 valence electrons. The SMILES string of the molecule is O=[SH](=O)NCc1cccc(-c2ccc3cnc(Nc4ccc(C5CCN(CCO)CC5)cc4)nn23)c1. The number of hydrogen-bond donors (Lipinski definition) is 4. The number of anilines is 2. The second-order valence-electron chi connectivity index (χ2n) is 9.02. The number of thiol groups is 1. The molecule has 0 bridgehead atoms. The maximum Gasteiger partial charge on any atom is 0.245 e. The number of nitrogens with one attached hydrogen (secondary N) is 2. The van der Waals surface area contributed by atoms with E-state index in [1.165, 1.54) is 5.56 Å². The van der Waals surface area contributed by atoms with Crippen molar-refractivity contribution in [2.45, 2.75) is 25.3 Å². The van der Waals surface area contributed by atoms with E-state index in [-0.39, 0.29) is 13.2 Å². The van der Waals surface area contributed by atoms with E-state index >= 15 is 0 Å². The number of likely N-dealkylation sites (tertiary alicyclic amines) is 1. The molecule has 0 spiro atoms. The topological polar surface area (TPSA) is 112 Å². The molecule has 1 saturated heterocycles. The highest BCUT2D eigenvalue weighted by Gasteiger charge is 2.20. The van der Waals surface area contributed by atoms with Gasteiger partial charge >= 0.3 is 0 Å². The van der Waals surface area contributed by atoms with E-state index in [0.717, 1.165) is 60.5 Å². The Morgan fingerprint density at radius 1 is 1.03 bits per heavy atom. The summed E-state index contributed by atoms with van der Waals surface area (Å²) in [6.07, 6.45) is 3.99. The Labute approximate surface area is 211 Å². The van der Waals surface area contributed by atoms with E-state index in [0.29, 0.717) is 11.9 Å². The van der Waals surface area contributed by atoms with E-state index in [9.17, 15) is 8.42 Å². The molecule has 3 heterocycles. The normalized spacial score (nSPS) is 15.1. The number of aromatic nitrogens is 3. The second-order valence-corrected chi connectivity index (χ2v) is 9.85. The summed E-state index contributed by atoms with van der Waals surface area (Å²) < 4.78 is 26.0. The van der Waals surface area contributed by atoms with Crippen molar-refractivity contribution < 1.29 is 13.5 Å². The fourth-order valence-corrected chi connectivity index (χ4v) is 5.08. The van der Waals surface area contributed by atoms with Gasteiger partial charge in [0.15, 0.2) is 0 Å². The van der Waals surface area contributed by atoms with Gasteiger partial charge in [0.2, 0.25) is 16.8 Å². The van der Waals surface area contributed by atoms with Gasteiger partial charge in [-0.05, 0) is 73.3 Å². The number of benzene rings is 2. The van der Waals surface area contributed by atoms with Gasteiger partial charge in [0.05, 0.1) is 24.0 Å². The molecule has 4 aromatic rings. The van der Waals surface area contributed by atoms with Gasteiger partial charge in [-0.15, -0.1) is 5.10 Å². The van der Waals surface area contributed by atoms with Gasteiger partial charge in [-0.3, -0.25) is 0 Å². The Morgan fingerprint density at radius 2 is 1.83 bits per heavy atom. The molecule has 9 nitrogen and oxygen atoms in total. The fourth-order valence-electron chi connectivity index (χ4n) is 4.77. The molecule has 0 aliphatic carbocycles. The average Bonchev–Trinajstić information content (AvgIpc) is 3.32. The predicted octanol–water partition coefficient (Wildman–Crippen LogP) is 2.93. The molecule has 36 heavy (non-hydrogen) atoms. The quantitative estimate of drug-likeness (QED) is 0.258. The zero-order valence-electron chi connectivity index (χ0n) is 19.9. The summed E-state index contributed by atoms with van der Waals surface area (Å²) in [5.74, 6) is 1.04. The van der Waals surface area contributed by atoms with E-state index in [1.54, 1.807) is 6.20 Å². The summed E-state index contributed by atoms with van der Waals surface area (Å²) >= 11 is 0. The molecule has 0 atom stereocenters. The van der Waals surface area contributed by atoms with Crippen LogP contribution in [-0.2, 0) is 17.4 Å². The molecule has 2 aromatic carbocycles. The van der Waals surface area contributed by atoms with Gasteiger partial charge in [-0.1, -0.05) is 30.3 Å². The van der Waals surface area contributed by atoms with Crippen molar-refractivity contribution in [3.8, 4) is 11.3 Å². The van der Waals surface area contributed by atoms with Crippen LogP contribution in [0.2, 0.25) is 0 Å². The van der Waals surface area contributed by atoms with Crippen molar-refractivity contribution in [3.63, 3.8) is 0 Å². The Kier molecular flexibility index (Phi) is 7.57. The number of hydrogen-bond acceptors (Lipinski definition) is 7. The van der Waals surface area contributed by atoms with Crippen LogP contribution in [-0.4, -0.2) is 59.3 Å². The minimum Gasteiger partial charge on any atom is -0.395 e. The number of β-amino-alcohol motifs (C(OH)–C–C–N with tert-alkyl or cyclic N) is 1. The predicted molar refractivity (Wildman–Crippen MR) is 141 cm³/mol. The van der Waals surface area contributed by atoms with E-state index < -0.39 is 10.9 Å². The zero-order valence-corrected chi connectivity index (χ0v) is 20.8. The Balaban J connectivity index is 1.30. The Bertz CT molecular complexity index is 1390. The zero-order chi connectivity index (χ0) is 24.9. The smallest absolute Gasteiger partial charge is 0.245 e. The number of piperidine rings is 1. The number of fused-ring (bicyclic) bond motifs is 1. The van der Waals surface area contributed by atoms with Crippen LogP contribution >= 0.6 is 0 Å². The lowest BCUT2D eigenvalue weighted by atomic mass is 9.89. The molecule has 2 aromatic heterocycles. The number of aliphatic hydroxyl groups excluding tert-OH is 1. The van der Waals surface area contributed by atoms with Crippen LogP contribution in [0.4, 0.5) is 11.6 Å². The molecular weight excluding hydrogens is 476 g/mol. The van der Waals surface area contributed by atoms with E-state index in [1.807, 2.05) is 40.9 Å². The Morgan fingerprint density at radius 3 is 2.58 bits per heavy atom. The molecule has 3 N–H and O–H groups in total. The Hall–Kier alpha value is -3.31. The van der Waals surface area contributed by atoms with Gasteiger partial charge in [0, 0.05) is 24.3 Å². The van der Waals surface area contributed by atoms with Crippen LogP contribution in [0.1, 0.15) is 29.9 Å². The van der Waals surface area contributed by atoms with Crippen molar-refractivity contribution in [2.24, 2.45) is 0 Å². The van der Waals surface area contributed by atoms with E-state index in [2.05, 4.69) is 44.2 Å². The van der Waals surface area contributed by atoms with Crippen LogP contribution in [0.15, 0.2) is 66.9 Å². The lowest BCUT2D eigenvalue weighted by Gasteiger charge is -2.31. The van der Waals surface area contributed by atoms with Crippen LogP contribution in [0, 0.1) is 0 Å². The molecule has 1 aliphatic rings. The van der Waals surface area contributed by atoms with Crippen molar-refractivity contribution in [3.05, 3.63) is 78.0 Å². The third-order valence-corrected chi connectivity index (χ3v) is 7.09. The number of aliphatic hydroxyl groups is 1. The van der Waals surface area contributed by atoms with Gasteiger partial charge < -0.3 is 15.3 Å². The highest BCUT2D eigenvalue weighted by atomic mass is 32.2. The number of rotatable bonds is 9. The fraction of sp³-hybridized carbons (Fsp3) is 0.308. The molecule has 1 fully saturated rings. The molecule has 0 radical (unpaired) electrons. The van der Waals surface area contributed by atoms with Gasteiger partial charge in [0.25, 0.3) is 0 Å². The van der Waals surface area contributed by atoms with Crippen molar-refractivity contribution in [1.82, 2.24) is 24.2 Å². The first kappa shape index (κ1) is 24.4. The van der Waals surface area contributed by atoms with Crippen LogP contribution in [0.5, 0.6) is 0 Å². The lowest BCUT2D eigenvalue weighted by Crippen LogP contribution is -2.34. The second kappa shape index (κ2) is 11.2. The summed E-state index contributed by atoms with van der Waals surface area (Å²) in [6, 6.07) is 20.1. The first-order valence-electron chi connectivity index (χ1n) is 12.1. The molecule has 0 unspecified atom stereocenters. The van der Waals surface area contributed by atoms with Crippen molar-refractivity contribution in [1.29, 1.82) is 0 Å². The van der Waals surface area contributed by atoms with E-state index in [4.69, 9.17) is 10.2 Å². The molecular formula is C26H30N6O3S. The average molecular weight is 507 g/mol. The van der Waals surface area contributed by atoms with Crippen molar-refractivity contribution in [2.75, 3.05) is 31.6 Å². The minimum atomic E-state index is -2.64. The largest absolute Gasteiger partial charge is 0.395 e. The first-order chi connectivity index (χ1) is 17.6. The molecule has 10 heteroatoms. The maximum absolute atomic E-state index is 10.9. The first-order valence-corrected chi connectivity index (χ1v) is 13.3. The van der Waals surface area contributed by atoms with Gasteiger partial charge in [-0.25, -0.2) is 22.6 Å².